The number of thiophene rings is 1. The molecular formula is C10H13N3O2S. The van der Waals surface area contributed by atoms with Crippen molar-refractivity contribution in [3.63, 3.8) is 0 Å². The fourth-order valence-electron chi connectivity index (χ4n) is 1.40. The highest BCUT2D eigenvalue weighted by Crippen LogP contribution is 2.13. The quantitative estimate of drug-likeness (QED) is 0.724. The van der Waals surface area contributed by atoms with Gasteiger partial charge in [0.1, 0.15) is 10.5 Å². The van der Waals surface area contributed by atoms with Gasteiger partial charge in [-0.2, -0.15) is 0 Å². The second-order valence-corrected chi connectivity index (χ2v) is 4.54. The maximum Gasteiger partial charge on any atom is 0.268 e. The minimum Gasteiger partial charge on any atom is -0.392 e. The number of fused-ring (bicyclic) bond motifs is 1. The highest BCUT2D eigenvalue weighted by Gasteiger charge is 2.04. The second-order valence-electron chi connectivity index (χ2n) is 3.63. The van der Waals surface area contributed by atoms with Crippen LogP contribution in [0.15, 0.2) is 16.2 Å². The third-order valence-corrected chi connectivity index (χ3v) is 3.00. The molecule has 0 aliphatic carbocycles. The minimum atomic E-state index is -0.406. The molecule has 0 aliphatic heterocycles. The zero-order chi connectivity index (χ0) is 11.5. The van der Waals surface area contributed by atoms with E-state index in [-0.39, 0.29) is 5.56 Å². The molecule has 0 fully saturated rings. The van der Waals surface area contributed by atoms with Crippen LogP contribution in [0.2, 0.25) is 0 Å². The van der Waals surface area contributed by atoms with Gasteiger partial charge in [-0.1, -0.05) is 0 Å². The molecule has 1 unspecified atom stereocenters. The van der Waals surface area contributed by atoms with E-state index in [4.69, 9.17) is 5.11 Å². The van der Waals surface area contributed by atoms with Gasteiger partial charge < -0.3 is 15.4 Å². The van der Waals surface area contributed by atoms with Crippen LogP contribution in [0.3, 0.4) is 0 Å². The first-order valence-electron chi connectivity index (χ1n) is 5.02. The van der Waals surface area contributed by atoms with Crippen LogP contribution in [0.4, 0.5) is 0 Å². The molecule has 0 radical (unpaired) electrons. The Balaban J connectivity index is 2.16. The van der Waals surface area contributed by atoms with Crippen molar-refractivity contribution in [3.8, 4) is 0 Å². The van der Waals surface area contributed by atoms with Gasteiger partial charge in [0, 0.05) is 6.54 Å². The first kappa shape index (κ1) is 11.3. The van der Waals surface area contributed by atoms with Gasteiger partial charge in [0.05, 0.1) is 18.2 Å². The molecule has 0 aromatic carbocycles. The molecule has 1 atom stereocenters. The fourth-order valence-corrected chi connectivity index (χ4v) is 2.13. The lowest BCUT2D eigenvalue weighted by Crippen LogP contribution is -2.26. The maximum atomic E-state index is 11.6. The summed E-state index contributed by atoms with van der Waals surface area (Å²) in [6, 6.07) is 1.83. The van der Waals surface area contributed by atoms with Gasteiger partial charge >= 0.3 is 0 Å². The van der Waals surface area contributed by atoms with Crippen molar-refractivity contribution < 1.29 is 5.11 Å². The van der Waals surface area contributed by atoms with Crippen molar-refractivity contribution in [2.45, 2.75) is 19.6 Å². The summed E-state index contributed by atoms with van der Waals surface area (Å²) in [5.74, 6) is 0.594. The highest BCUT2D eigenvalue weighted by molar-refractivity contribution is 7.17. The summed E-state index contributed by atoms with van der Waals surface area (Å²) < 4.78 is 0.652. The van der Waals surface area contributed by atoms with Gasteiger partial charge in [-0.3, -0.25) is 4.79 Å². The Morgan fingerprint density at radius 1 is 1.69 bits per heavy atom. The van der Waals surface area contributed by atoms with Crippen molar-refractivity contribution >= 4 is 21.6 Å². The smallest absolute Gasteiger partial charge is 0.268 e. The number of hydrogen-bond donors (Lipinski definition) is 3. The standard InChI is InChI=1S/C10H13N3O2S/c1-6(14)4-11-5-8-12-7-2-3-16-9(7)10(15)13-8/h2-3,6,11,14H,4-5H2,1H3,(H,12,13,15). The number of nitrogens with one attached hydrogen (secondary N) is 2. The summed E-state index contributed by atoms with van der Waals surface area (Å²) in [5, 5.41) is 13.9. The average molecular weight is 239 g/mol. The van der Waals surface area contributed by atoms with Crippen molar-refractivity contribution in [3.05, 3.63) is 27.6 Å². The van der Waals surface area contributed by atoms with Gasteiger partial charge in [-0.25, -0.2) is 4.98 Å². The Kier molecular flexibility index (Phi) is 3.33. The van der Waals surface area contributed by atoms with E-state index in [1.54, 1.807) is 6.92 Å². The first-order valence-corrected chi connectivity index (χ1v) is 5.90. The molecule has 5 nitrogen and oxygen atoms in total. The minimum absolute atomic E-state index is 0.103. The van der Waals surface area contributed by atoms with Crippen LogP contribution in [0.5, 0.6) is 0 Å². The van der Waals surface area contributed by atoms with Crippen molar-refractivity contribution in [2.75, 3.05) is 6.54 Å². The van der Waals surface area contributed by atoms with E-state index < -0.39 is 6.10 Å². The van der Waals surface area contributed by atoms with Crippen LogP contribution >= 0.6 is 11.3 Å². The van der Waals surface area contributed by atoms with Crippen LogP contribution in [0.25, 0.3) is 10.2 Å². The van der Waals surface area contributed by atoms with Crippen molar-refractivity contribution in [2.24, 2.45) is 0 Å². The number of aliphatic hydroxyl groups excluding tert-OH is 1. The normalized spacial score (nSPS) is 13.1. The number of H-pyrrole nitrogens is 1. The van der Waals surface area contributed by atoms with Gasteiger partial charge in [-0.05, 0) is 18.4 Å². The van der Waals surface area contributed by atoms with E-state index in [0.717, 1.165) is 5.52 Å². The number of rotatable bonds is 4. The molecule has 0 bridgehead atoms. The summed E-state index contributed by atoms with van der Waals surface area (Å²) in [6.45, 7) is 2.63. The average Bonchev–Trinajstić information content (AvgIpc) is 2.65. The van der Waals surface area contributed by atoms with Crippen LogP contribution < -0.4 is 10.9 Å². The predicted octanol–water partition coefficient (Wildman–Crippen LogP) is 0.455. The number of aromatic amines is 1. The molecule has 2 aromatic heterocycles. The summed E-state index contributed by atoms with van der Waals surface area (Å²) >= 11 is 1.38. The monoisotopic (exact) mass is 239 g/mol. The Morgan fingerprint density at radius 3 is 3.25 bits per heavy atom. The number of aliphatic hydroxyl groups is 1. The lowest BCUT2D eigenvalue weighted by molar-refractivity contribution is 0.190. The fraction of sp³-hybridized carbons (Fsp3) is 0.400. The first-order chi connectivity index (χ1) is 7.66. The Morgan fingerprint density at radius 2 is 2.50 bits per heavy atom. The lowest BCUT2D eigenvalue weighted by Gasteiger charge is -2.05. The van der Waals surface area contributed by atoms with Gasteiger partial charge in [0.15, 0.2) is 0 Å². The maximum absolute atomic E-state index is 11.6. The summed E-state index contributed by atoms with van der Waals surface area (Å²) in [6.07, 6.45) is -0.406. The van der Waals surface area contributed by atoms with Crippen LogP contribution in [-0.4, -0.2) is 27.7 Å². The Hall–Kier alpha value is -1.24. The predicted molar refractivity (Wildman–Crippen MR) is 63.6 cm³/mol. The van der Waals surface area contributed by atoms with Crippen LogP contribution in [-0.2, 0) is 6.54 Å². The van der Waals surface area contributed by atoms with E-state index in [9.17, 15) is 4.79 Å². The zero-order valence-corrected chi connectivity index (χ0v) is 9.67. The van der Waals surface area contributed by atoms with E-state index >= 15 is 0 Å². The molecule has 0 spiro atoms. The second kappa shape index (κ2) is 4.73. The highest BCUT2D eigenvalue weighted by atomic mass is 32.1. The van der Waals surface area contributed by atoms with E-state index in [2.05, 4.69) is 15.3 Å². The van der Waals surface area contributed by atoms with E-state index in [1.807, 2.05) is 11.4 Å². The van der Waals surface area contributed by atoms with Gasteiger partial charge in [0.2, 0.25) is 0 Å². The van der Waals surface area contributed by atoms with Gasteiger partial charge in [-0.15, -0.1) is 11.3 Å². The summed E-state index contributed by atoms with van der Waals surface area (Å²) in [4.78, 5) is 18.6. The number of nitrogens with zero attached hydrogens (tertiary/aromatic N) is 1. The molecule has 6 heteroatoms. The molecule has 2 aromatic rings. The van der Waals surface area contributed by atoms with Crippen molar-refractivity contribution in [1.82, 2.24) is 15.3 Å². The zero-order valence-electron chi connectivity index (χ0n) is 8.86. The molecule has 2 heterocycles. The van der Waals surface area contributed by atoms with Crippen LogP contribution in [0, 0.1) is 0 Å². The number of aromatic nitrogens is 2. The Bertz CT molecular complexity index is 532. The largest absolute Gasteiger partial charge is 0.392 e. The van der Waals surface area contributed by atoms with Crippen molar-refractivity contribution in [1.29, 1.82) is 0 Å². The molecule has 0 amide bonds. The Labute approximate surface area is 96.2 Å². The van der Waals surface area contributed by atoms with Crippen LogP contribution in [0.1, 0.15) is 12.7 Å². The molecular weight excluding hydrogens is 226 g/mol. The molecule has 3 N–H and O–H groups in total. The molecule has 0 aliphatic rings. The molecule has 16 heavy (non-hydrogen) atoms. The third-order valence-electron chi connectivity index (χ3n) is 2.10. The molecule has 0 saturated heterocycles. The summed E-state index contributed by atoms with van der Waals surface area (Å²) in [7, 11) is 0. The SMILES string of the molecule is CC(O)CNCc1nc2ccsc2c(=O)[nH]1. The molecule has 86 valence electrons. The van der Waals surface area contributed by atoms with E-state index in [0.29, 0.717) is 23.6 Å². The van der Waals surface area contributed by atoms with Gasteiger partial charge in [0.25, 0.3) is 5.56 Å². The summed E-state index contributed by atoms with van der Waals surface area (Å²) in [5.41, 5.74) is 0.622. The van der Waals surface area contributed by atoms with E-state index in [1.165, 1.54) is 11.3 Å². The lowest BCUT2D eigenvalue weighted by atomic mass is 10.4. The molecule has 2 rings (SSSR count). The third kappa shape index (κ3) is 2.46. The topological polar surface area (TPSA) is 78.0 Å². The number of hydrogen-bond acceptors (Lipinski definition) is 5. The molecule has 0 saturated carbocycles.